The molecule has 3 nitrogen and oxygen atoms in total. The number of hydrogen-bond donors (Lipinski definition) is 2. The Morgan fingerprint density at radius 2 is 2.06 bits per heavy atom. The molecular formula is C15H24N2O. The van der Waals surface area contributed by atoms with Crippen LogP contribution in [-0.2, 0) is 6.42 Å². The van der Waals surface area contributed by atoms with Gasteiger partial charge in [-0.2, -0.15) is 0 Å². The van der Waals surface area contributed by atoms with Gasteiger partial charge in [0.25, 0.3) is 0 Å². The fourth-order valence-electron chi connectivity index (χ4n) is 2.35. The number of ether oxygens (including phenoxy) is 1. The van der Waals surface area contributed by atoms with Crippen molar-refractivity contribution in [3.05, 3.63) is 28.8 Å². The van der Waals surface area contributed by atoms with Crippen LogP contribution in [0.2, 0.25) is 0 Å². The first-order chi connectivity index (χ1) is 8.54. The summed E-state index contributed by atoms with van der Waals surface area (Å²) in [6.07, 6.45) is 3.31. The lowest BCUT2D eigenvalue weighted by Crippen LogP contribution is -2.36. The largest absolute Gasteiger partial charge is 0.496 e. The van der Waals surface area contributed by atoms with Gasteiger partial charge in [0.1, 0.15) is 5.75 Å². The van der Waals surface area contributed by atoms with Gasteiger partial charge in [0, 0.05) is 12.1 Å². The Labute approximate surface area is 110 Å². The second-order valence-electron chi connectivity index (χ2n) is 5.55. The predicted molar refractivity (Wildman–Crippen MR) is 75.2 cm³/mol. The van der Waals surface area contributed by atoms with Gasteiger partial charge in [-0.15, -0.1) is 0 Å². The van der Waals surface area contributed by atoms with Crippen molar-refractivity contribution in [1.82, 2.24) is 5.32 Å². The minimum absolute atomic E-state index is 0.0897. The first kappa shape index (κ1) is 13.4. The second-order valence-corrected chi connectivity index (χ2v) is 5.55. The van der Waals surface area contributed by atoms with Crippen molar-refractivity contribution in [2.75, 3.05) is 20.2 Å². The minimum Gasteiger partial charge on any atom is -0.496 e. The van der Waals surface area contributed by atoms with E-state index in [1.807, 2.05) is 0 Å². The number of hydrogen-bond acceptors (Lipinski definition) is 3. The molecule has 1 aromatic rings. The summed E-state index contributed by atoms with van der Waals surface area (Å²) in [5.41, 5.74) is 10.00. The van der Waals surface area contributed by atoms with E-state index in [2.05, 4.69) is 31.3 Å². The SMILES string of the molecule is COc1cc(C)cc(C)c1CCNCC1(N)CC1. The third-order valence-electron chi connectivity index (χ3n) is 3.72. The van der Waals surface area contributed by atoms with Crippen LogP contribution >= 0.6 is 0 Å². The third-order valence-corrected chi connectivity index (χ3v) is 3.72. The molecule has 0 atom stereocenters. The lowest BCUT2D eigenvalue weighted by atomic mass is 10.0. The summed E-state index contributed by atoms with van der Waals surface area (Å²) >= 11 is 0. The Morgan fingerprint density at radius 1 is 1.33 bits per heavy atom. The van der Waals surface area contributed by atoms with Gasteiger partial charge in [0.15, 0.2) is 0 Å². The molecule has 1 aromatic carbocycles. The van der Waals surface area contributed by atoms with E-state index in [0.29, 0.717) is 0 Å². The molecule has 0 saturated heterocycles. The van der Waals surface area contributed by atoms with Crippen molar-refractivity contribution in [2.24, 2.45) is 5.73 Å². The van der Waals surface area contributed by atoms with Gasteiger partial charge < -0.3 is 15.8 Å². The molecule has 1 aliphatic carbocycles. The van der Waals surface area contributed by atoms with E-state index in [-0.39, 0.29) is 5.54 Å². The molecule has 0 aromatic heterocycles. The monoisotopic (exact) mass is 248 g/mol. The fourth-order valence-corrected chi connectivity index (χ4v) is 2.35. The summed E-state index contributed by atoms with van der Waals surface area (Å²) in [5, 5.41) is 3.45. The Balaban J connectivity index is 1.91. The molecular weight excluding hydrogens is 224 g/mol. The molecule has 0 unspecified atom stereocenters. The highest BCUT2D eigenvalue weighted by Gasteiger charge is 2.37. The van der Waals surface area contributed by atoms with Crippen LogP contribution in [0.1, 0.15) is 29.5 Å². The molecule has 1 saturated carbocycles. The fraction of sp³-hybridized carbons (Fsp3) is 0.600. The zero-order valence-electron chi connectivity index (χ0n) is 11.7. The summed E-state index contributed by atoms with van der Waals surface area (Å²) in [6.45, 7) is 6.14. The smallest absolute Gasteiger partial charge is 0.122 e. The highest BCUT2D eigenvalue weighted by Crippen LogP contribution is 2.31. The van der Waals surface area contributed by atoms with Crippen LogP contribution < -0.4 is 15.8 Å². The van der Waals surface area contributed by atoms with Crippen LogP contribution in [0.25, 0.3) is 0 Å². The quantitative estimate of drug-likeness (QED) is 0.756. The summed E-state index contributed by atoms with van der Waals surface area (Å²) in [6, 6.07) is 4.32. The summed E-state index contributed by atoms with van der Waals surface area (Å²) < 4.78 is 5.46. The first-order valence-corrected chi connectivity index (χ1v) is 6.68. The molecule has 1 fully saturated rings. The topological polar surface area (TPSA) is 47.3 Å². The first-order valence-electron chi connectivity index (χ1n) is 6.68. The van der Waals surface area contributed by atoms with Gasteiger partial charge in [-0.1, -0.05) is 6.07 Å². The molecule has 0 bridgehead atoms. The molecule has 100 valence electrons. The molecule has 3 N–H and O–H groups in total. The number of benzene rings is 1. The zero-order chi connectivity index (χ0) is 13.2. The van der Waals surface area contributed by atoms with E-state index in [0.717, 1.165) is 38.1 Å². The maximum Gasteiger partial charge on any atom is 0.122 e. The molecule has 1 aliphatic rings. The molecule has 3 heteroatoms. The second kappa shape index (κ2) is 5.29. The Bertz CT molecular complexity index is 425. The van der Waals surface area contributed by atoms with Crippen LogP contribution in [0.5, 0.6) is 5.75 Å². The van der Waals surface area contributed by atoms with E-state index in [1.54, 1.807) is 7.11 Å². The molecule has 0 heterocycles. The van der Waals surface area contributed by atoms with Crippen molar-refractivity contribution in [2.45, 2.75) is 38.6 Å². The van der Waals surface area contributed by atoms with E-state index >= 15 is 0 Å². The lowest BCUT2D eigenvalue weighted by molar-refractivity contribution is 0.408. The third kappa shape index (κ3) is 3.24. The Morgan fingerprint density at radius 3 is 2.67 bits per heavy atom. The Kier molecular flexibility index (Phi) is 3.93. The van der Waals surface area contributed by atoms with Crippen LogP contribution in [0, 0.1) is 13.8 Å². The maximum atomic E-state index is 6.04. The van der Waals surface area contributed by atoms with Crippen LogP contribution in [0.15, 0.2) is 12.1 Å². The van der Waals surface area contributed by atoms with Gasteiger partial charge in [-0.3, -0.25) is 0 Å². The van der Waals surface area contributed by atoms with Gasteiger partial charge in [-0.25, -0.2) is 0 Å². The zero-order valence-corrected chi connectivity index (χ0v) is 11.7. The number of aryl methyl sites for hydroxylation is 2. The van der Waals surface area contributed by atoms with Gasteiger partial charge in [0.05, 0.1) is 7.11 Å². The molecule has 0 amide bonds. The van der Waals surface area contributed by atoms with E-state index in [9.17, 15) is 0 Å². The van der Waals surface area contributed by atoms with Crippen LogP contribution in [0.3, 0.4) is 0 Å². The highest BCUT2D eigenvalue weighted by atomic mass is 16.5. The van der Waals surface area contributed by atoms with Crippen molar-refractivity contribution >= 4 is 0 Å². The van der Waals surface area contributed by atoms with Crippen LogP contribution in [0.4, 0.5) is 0 Å². The average molecular weight is 248 g/mol. The van der Waals surface area contributed by atoms with Crippen molar-refractivity contribution < 1.29 is 4.74 Å². The van der Waals surface area contributed by atoms with Gasteiger partial charge in [-0.05, 0) is 62.4 Å². The molecule has 18 heavy (non-hydrogen) atoms. The summed E-state index contributed by atoms with van der Waals surface area (Å²) in [4.78, 5) is 0. The summed E-state index contributed by atoms with van der Waals surface area (Å²) in [5.74, 6) is 1.00. The van der Waals surface area contributed by atoms with Crippen molar-refractivity contribution in [1.29, 1.82) is 0 Å². The molecule has 0 spiro atoms. The van der Waals surface area contributed by atoms with Crippen molar-refractivity contribution in [3.63, 3.8) is 0 Å². The van der Waals surface area contributed by atoms with Gasteiger partial charge >= 0.3 is 0 Å². The summed E-state index contributed by atoms with van der Waals surface area (Å²) in [7, 11) is 1.74. The number of rotatable bonds is 6. The molecule has 0 radical (unpaired) electrons. The van der Waals surface area contributed by atoms with E-state index < -0.39 is 0 Å². The van der Waals surface area contributed by atoms with Crippen molar-refractivity contribution in [3.8, 4) is 5.75 Å². The number of nitrogens with two attached hydrogens (primary N) is 1. The molecule has 2 rings (SSSR count). The highest BCUT2D eigenvalue weighted by molar-refractivity contribution is 5.43. The standard InChI is InChI=1S/C15H24N2O/c1-11-8-12(2)13(14(9-11)18-3)4-7-17-10-15(16)5-6-15/h8-9,17H,4-7,10,16H2,1-3H3. The van der Waals surface area contributed by atoms with Crippen LogP contribution in [-0.4, -0.2) is 25.7 Å². The average Bonchev–Trinajstić information content (AvgIpc) is 3.04. The van der Waals surface area contributed by atoms with Gasteiger partial charge in [0.2, 0.25) is 0 Å². The minimum atomic E-state index is 0.0897. The number of nitrogens with one attached hydrogen (secondary N) is 1. The number of methoxy groups -OCH3 is 1. The van der Waals surface area contributed by atoms with E-state index in [4.69, 9.17) is 10.5 Å². The van der Waals surface area contributed by atoms with E-state index in [1.165, 1.54) is 16.7 Å². The molecule has 0 aliphatic heterocycles. The Hall–Kier alpha value is -1.06. The normalized spacial score (nSPS) is 16.7. The lowest BCUT2D eigenvalue weighted by Gasteiger charge is -2.14. The predicted octanol–water partition coefficient (Wildman–Crippen LogP) is 1.94. The maximum absolute atomic E-state index is 6.04.